The Morgan fingerprint density at radius 2 is 1.44 bits per heavy atom. The third-order valence-corrected chi connectivity index (χ3v) is 3.88. The number of benzene rings is 1. The highest BCUT2D eigenvalue weighted by molar-refractivity contribution is 6.55. The minimum absolute atomic E-state index is 0.217. The molecule has 1 aromatic heterocycles. The van der Waals surface area contributed by atoms with Gasteiger partial charge in [0.15, 0.2) is 0 Å². The average Bonchev–Trinajstić information content (AvgIpc) is 2.61. The van der Waals surface area contributed by atoms with Crippen molar-refractivity contribution < 1.29 is 18.4 Å². The van der Waals surface area contributed by atoms with E-state index in [1.54, 1.807) is 0 Å². The summed E-state index contributed by atoms with van der Waals surface area (Å²) in [6.07, 6.45) is -4.88. The summed E-state index contributed by atoms with van der Waals surface area (Å²) in [5.74, 6) is -1.57. The predicted octanol–water partition coefficient (Wildman–Crippen LogP) is 4.91. The number of aromatic nitrogens is 2. The molecular formula is C8HCl4F3N2O. The van der Waals surface area contributed by atoms with Crippen LogP contribution in [0.1, 0.15) is 5.82 Å². The zero-order valence-electron chi connectivity index (χ0n) is 7.99. The number of nitrogens with zero attached hydrogens (tertiary/aromatic N) is 2. The van der Waals surface area contributed by atoms with Gasteiger partial charge in [0.05, 0.1) is 20.1 Å². The number of halogens is 7. The predicted molar refractivity (Wildman–Crippen MR) is 62.0 cm³/mol. The highest BCUT2D eigenvalue weighted by Crippen LogP contribution is 2.44. The Kier molecular flexibility index (Phi) is 3.26. The maximum Gasteiger partial charge on any atom is 0.453 e. The van der Waals surface area contributed by atoms with Crippen LogP contribution in [0.3, 0.4) is 0 Å². The minimum atomic E-state index is -4.88. The van der Waals surface area contributed by atoms with Gasteiger partial charge in [0.1, 0.15) is 11.0 Å². The maximum atomic E-state index is 12.6. The van der Waals surface area contributed by atoms with Gasteiger partial charge in [-0.3, -0.25) is 0 Å². The second-order valence-corrected chi connectivity index (χ2v) is 4.71. The highest BCUT2D eigenvalue weighted by atomic mass is 35.5. The van der Waals surface area contributed by atoms with E-state index in [0.717, 1.165) is 0 Å². The molecule has 0 atom stereocenters. The normalized spacial score (nSPS) is 12.4. The molecule has 2 rings (SSSR count). The Hall–Kier alpha value is -0.560. The molecule has 0 radical (unpaired) electrons. The first kappa shape index (κ1) is 13.9. The molecule has 1 N–H and O–H groups in total. The van der Waals surface area contributed by atoms with Gasteiger partial charge in [-0.2, -0.15) is 17.9 Å². The summed E-state index contributed by atoms with van der Waals surface area (Å²) < 4.78 is 37.5. The van der Waals surface area contributed by atoms with E-state index >= 15 is 0 Å². The number of fused-ring (bicyclic) bond motifs is 1. The van der Waals surface area contributed by atoms with Crippen molar-refractivity contribution in [2.45, 2.75) is 6.18 Å². The fourth-order valence-electron chi connectivity index (χ4n) is 1.35. The molecule has 98 valence electrons. The standard InChI is InChI=1S/C8HCl4F3N2O/c9-1-2(10)4(12)6-5(3(1)11)16-7(17(6)18)8(13,14)15/h18H. The van der Waals surface area contributed by atoms with Crippen molar-refractivity contribution in [1.82, 2.24) is 9.71 Å². The van der Waals surface area contributed by atoms with Crippen molar-refractivity contribution in [2.24, 2.45) is 0 Å². The van der Waals surface area contributed by atoms with Gasteiger partial charge in [0, 0.05) is 0 Å². The van der Waals surface area contributed by atoms with E-state index in [0.29, 0.717) is 0 Å². The van der Waals surface area contributed by atoms with Crippen LogP contribution in [0.4, 0.5) is 13.2 Å². The van der Waals surface area contributed by atoms with E-state index in [9.17, 15) is 18.4 Å². The molecule has 0 unspecified atom stereocenters. The van der Waals surface area contributed by atoms with Crippen molar-refractivity contribution in [2.75, 3.05) is 0 Å². The van der Waals surface area contributed by atoms with E-state index in [1.807, 2.05) is 0 Å². The van der Waals surface area contributed by atoms with Crippen molar-refractivity contribution in [3.05, 3.63) is 25.9 Å². The lowest BCUT2D eigenvalue weighted by Gasteiger charge is -2.06. The lowest BCUT2D eigenvalue weighted by atomic mass is 10.3. The van der Waals surface area contributed by atoms with Crippen LogP contribution in [0.2, 0.25) is 20.1 Å². The van der Waals surface area contributed by atoms with Crippen LogP contribution in [0.5, 0.6) is 0 Å². The van der Waals surface area contributed by atoms with E-state index in [4.69, 9.17) is 46.4 Å². The zero-order valence-corrected chi connectivity index (χ0v) is 11.0. The quantitative estimate of drug-likeness (QED) is 0.421. The van der Waals surface area contributed by atoms with Gasteiger partial charge >= 0.3 is 6.18 Å². The number of hydrogen-bond donors (Lipinski definition) is 1. The van der Waals surface area contributed by atoms with E-state index in [2.05, 4.69) is 4.98 Å². The number of alkyl halides is 3. The average molecular weight is 340 g/mol. The SMILES string of the molecule is On1c(C(F)(F)F)nc2c(Cl)c(Cl)c(Cl)c(Cl)c21. The summed E-state index contributed by atoms with van der Waals surface area (Å²) in [7, 11) is 0. The van der Waals surface area contributed by atoms with Gasteiger partial charge in [0.25, 0.3) is 5.82 Å². The third-order valence-electron chi connectivity index (χ3n) is 2.10. The van der Waals surface area contributed by atoms with Crippen LogP contribution in [0.15, 0.2) is 0 Å². The number of hydrogen-bond acceptors (Lipinski definition) is 2. The molecule has 0 fully saturated rings. The third kappa shape index (κ3) is 1.87. The molecule has 18 heavy (non-hydrogen) atoms. The second kappa shape index (κ2) is 4.23. The Morgan fingerprint density at radius 3 is 1.94 bits per heavy atom. The van der Waals surface area contributed by atoms with Gasteiger partial charge in [-0.25, -0.2) is 4.98 Å². The van der Waals surface area contributed by atoms with Crippen LogP contribution in [0.25, 0.3) is 11.0 Å². The lowest BCUT2D eigenvalue weighted by molar-refractivity contribution is -0.153. The second-order valence-electron chi connectivity index (χ2n) is 3.20. The molecule has 3 nitrogen and oxygen atoms in total. The topological polar surface area (TPSA) is 38.0 Å². The van der Waals surface area contributed by atoms with Gasteiger partial charge in [0.2, 0.25) is 0 Å². The summed E-state index contributed by atoms with van der Waals surface area (Å²) in [4.78, 5) is 3.17. The summed E-state index contributed by atoms with van der Waals surface area (Å²) in [6, 6.07) is 0. The monoisotopic (exact) mass is 338 g/mol. The van der Waals surface area contributed by atoms with Crippen LogP contribution >= 0.6 is 46.4 Å². The molecule has 0 saturated carbocycles. The van der Waals surface area contributed by atoms with Crippen LogP contribution in [0, 0.1) is 0 Å². The van der Waals surface area contributed by atoms with Crippen molar-refractivity contribution in [3.8, 4) is 0 Å². The molecule has 1 heterocycles. The molecule has 0 bridgehead atoms. The Bertz CT molecular complexity index is 652. The highest BCUT2D eigenvalue weighted by Gasteiger charge is 2.39. The van der Waals surface area contributed by atoms with Crippen LogP contribution < -0.4 is 0 Å². The Balaban J connectivity index is 2.98. The molecular weight excluding hydrogens is 339 g/mol. The molecule has 0 spiro atoms. The van der Waals surface area contributed by atoms with Crippen LogP contribution in [-0.2, 0) is 6.18 Å². The molecule has 0 amide bonds. The Labute approximate surface area is 118 Å². The Morgan fingerprint density at radius 1 is 0.944 bits per heavy atom. The smallest absolute Gasteiger partial charge is 0.426 e. The van der Waals surface area contributed by atoms with Crippen molar-refractivity contribution in [3.63, 3.8) is 0 Å². The van der Waals surface area contributed by atoms with Crippen molar-refractivity contribution >= 4 is 57.4 Å². The van der Waals surface area contributed by atoms with Gasteiger partial charge in [-0.15, -0.1) is 0 Å². The fraction of sp³-hybridized carbons (Fsp3) is 0.125. The lowest BCUT2D eigenvalue weighted by Crippen LogP contribution is -2.13. The largest absolute Gasteiger partial charge is 0.453 e. The van der Waals surface area contributed by atoms with Crippen LogP contribution in [-0.4, -0.2) is 14.9 Å². The fourth-order valence-corrected chi connectivity index (χ4v) is 2.30. The first-order chi connectivity index (χ1) is 8.16. The summed E-state index contributed by atoms with van der Waals surface area (Å²) in [6.45, 7) is 0. The van der Waals surface area contributed by atoms with Gasteiger partial charge in [-0.05, 0) is 0 Å². The molecule has 1 aromatic carbocycles. The van der Waals surface area contributed by atoms with E-state index < -0.39 is 17.5 Å². The zero-order chi connectivity index (χ0) is 13.8. The first-order valence-corrected chi connectivity index (χ1v) is 5.68. The van der Waals surface area contributed by atoms with E-state index in [1.165, 1.54) is 0 Å². The van der Waals surface area contributed by atoms with E-state index in [-0.39, 0.29) is 30.3 Å². The molecule has 0 aliphatic carbocycles. The molecule has 2 aromatic rings. The summed E-state index contributed by atoms with van der Waals surface area (Å²) in [5.41, 5.74) is -0.839. The first-order valence-electron chi connectivity index (χ1n) is 4.17. The van der Waals surface area contributed by atoms with Crippen molar-refractivity contribution in [1.29, 1.82) is 0 Å². The molecule has 0 aliphatic heterocycles. The summed E-state index contributed by atoms with van der Waals surface area (Å²) in [5, 5.41) is 8.25. The number of imidazole rings is 1. The maximum absolute atomic E-state index is 12.6. The summed E-state index contributed by atoms with van der Waals surface area (Å²) >= 11 is 22.8. The molecule has 10 heteroatoms. The minimum Gasteiger partial charge on any atom is -0.426 e. The molecule has 0 saturated heterocycles. The number of rotatable bonds is 0. The molecule has 0 aliphatic rings. The van der Waals surface area contributed by atoms with Gasteiger partial charge in [-0.1, -0.05) is 46.4 Å². The van der Waals surface area contributed by atoms with Gasteiger partial charge < -0.3 is 5.21 Å².